The first-order valence-corrected chi connectivity index (χ1v) is 8.46. The minimum absolute atomic E-state index is 0.0666. The van der Waals surface area contributed by atoms with Crippen LogP contribution in [0.5, 0.6) is 0 Å². The Morgan fingerprint density at radius 2 is 1.83 bits per heavy atom. The molecule has 0 spiro atoms. The molecule has 0 fully saturated rings. The van der Waals surface area contributed by atoms with Gasteiger partial charge >= 0.3 is 5.97 Å². The van der Waals surface area contributed by atoms with Crippen molar-refractivity contribution in [1.29, 1.82) is 0 Å². The van der Waals surface area contributed by atoms with E-state index in [1.807, 2.05) is 0 Å². The molecule has 1 rings (SSSR count). The van der Waals surface area contributed by atoms with Gasteiger partial charge in [0.2, 0.25) is 5.91 Å². The van der Waals surface area contributed by atoms with Crippen molar-refractivity contribution >= 4 is 53.6 Å². The smallest absolute Gasteiger partial charge is 0.327 e. The fourth-order valence-corrected chi connectivity index (χ4v) is 2.62. The van der Waals surface area contributed by atoms with Crippen molar-refractivity contribution in [2.45, 2.75) is 25.9 Å². The molecule has 0 saturated heterocycles. The Morgan fingerprint density at radius 3 is 2.29 bits per heavy atom. The summed E-state index contributed by atoms with van der Waals surface area (Å²) in [6, 6.07) is 2.31. The van der Waals surface area contributed by atoms with Gasteiger partial charge in [-0.05, 0) is 24.1 Å². The minimum atomic E-state index is -1.20. The van der Waals surface area contributed by atoms with Crippen LogP contribution in [0.4, 0.5) is 0 Å². The van der Waals surface area contributed by atoms with Crippen LogP contribution in [0.2, 0.25) is 10.0 Å². The molecule has 24 heavy (non-hydrogen) atoms. The summed E-state index contributed by atoms with van der Waals surface area (Å²) in [4.78, 5) is 35.6. The van der Waals surface area contributed by atoms with Crippen molar-refractivity contribution in [2.24, 2.45) is 5.92 Å². The fourth-order valence-electron chi connectivity index (χ4n) is 1.87. The average molecular weight is 393 g/mol. The van der Waals surface area contributed by atoms with Gasteiger partial charge in [-0.3, -0.25) is 9.59 Å². The van der Waals surface area contributed by atoms with E-state index in [0.717, 1.165) is 0 Å². The zero-order chi connectivity index (χ0) is 18.4. The van der Waals surface area contributed by atoms with Crippen molar-refractivity contribution in [1.82, 2.24) is 10.6 Å². The number of amides is 2. The highest BCUT2D eigenvalue weighted by Gasteiger charge is 2.28. The molecule has 0 saturated carbocycles. The lowest BCUT2D eigenvalue weighted by atomic mass is 10.0. The molecule has 0 aliphatic carbocycles. The third-order valence-electron chi connectivity index (χ3n) is 3.21. The highest BCUT2D eigenvalue weighted by Crippen LogP contribution is 2.21. The Labute approximate surface area is 155 Å². The Morgan fingerprint density at radius 1 is 1.21 bits per heavy atom. The van der Waals surface area contributed by atoms with Gasteiger partial charge in [-0.2, -0.15) is 12.6 Å². The van der Waals surface area contributed by atoms with E-state index in [0.29, 0.717) is 5.02 Å². The van der Waals surface area contributed by atoms with Crippen molar-refractivity contribution in [3.05, 3.63) is 33.8 Å². The van der Waals surface area contributed by atoms with Crippen LogP contribution < -0.4 is 10.6 Å². The number of carboxylic acids is 1. The van der Waals surface area contributed by atoms with E-state index in [1.165, 1.54) is 18.2 Å². The largest absolute Gasteiger partial charge is 0.480 e. The maximum atomic E-state index is 12.3. The van der Waals surface area contributed by atoms with Gasteiger partial charge in [0, 0.05) is 10.8 Å². The predicted octanol–water partition coefficient (Wildman–Crippen LogP) is 2.25. The summed E-state index contributed by atoms with van der Waals surface area (Å²) in [5, 5.41) is 14.4. The van der Waals surface area contributed by atoms with Crippen LogP contribution in [-0.4, -0.2) is 40.7 Å². The normalized spacial score (nSPS) is 13.2. The van der Waals surface area contributed by atoms with Crippen LogP contribution in [0, 0.1) is 5.92 Å². The van der Waals surface area contributed by atoms with Gasteiger partial charge in [0.25, 0.3) is 5.91 Å². The number of nitrogens with one attached hydrogen (secondary N) is 2. The molecule has 6 nitrogen and oxygen atoms in total. The lowest BCUT2D eigenvalue weighted by Crippen LogP contribution is -2.54. The van der Waals surface area contributed by atoms with E-state index in [4.69, 9.17) is 28.3 Å². The van der Waals surface area contributed by atoms with Crippen molar-refractivity contribution in [3.8, 4) is 0 Å². The summed E-state index contributed by atoms with van der Waals surface area (Å²) in [7, 11) is 0. The number of carbonyl (C=O) groups is 3. The molecule has 9 heteroatoms. The summed E-state index contributed by atoms with van der Waals surface area (Å²) in [6.45, 7) is 3.45. The van der Waals surface area contributed by atoms with E-state index in [9.17, 15) is 14.4 Å². The van der Waals surface area contributed by atoms with E-state index >= 15 is 0 Å². The van der Waals surface area contributed by atoms with Crippen LogP contribution >= 0.6 is 35.8 Å². The van der Waals surface area contributed by atoms with E-state index in [2.05, 4.69) is 23.3 Å². The summed E-state index contributed by atoms with van der Waals surface area (Å²) in [6.07, 6.45) is 0. The summed E-state index contributed by atoms with van der Waals surface area (Å²) in [5.74, 6) is -2.70. The van der Waals surface area contributed by atoms with E-state index < -0.39 is 29.9 Å². The third kappa shape index (κ3) is 5.58. The van der Waals surface area contributed by atoms with Crippen LogP contribution in [0.25, 0.3) is 0 Å². The molecule has 0 aliphatic rings. The Bertz CT molecular complexity index is 640. The van der Waals surface area contributed by atoms with Crippen LogP contribution in [0.1, 0.15) is 24.2 Å². The van der Waals surface area contributed by atoms with Gasteiger partial charge < -0.3 is 15.7 Å². The van der Waals surface area contributed by atoms with Gasteiger partial charge in [-0.15, -0.1) is 0 Å². The van der Waals surface area contributed by atoms with E-state index in [-0.39, 0.29) is 22.3 Å². The standard InChI is InChI=1S/C15H18Cl2N2O4S/c1-7(2)12(14(21)18-11(6-24)15(22)23)19-13(20)9-4-3-8(16)5-10(9)17/h3-5,7,11-12,24H,6H2,1-2H3,(H,18,21)(H,19,20)(H,22,23). The van der Waals surface area contributed by atoms with Crippen LogP contribution in [-0.2, 0) is 9.59 Å². The number of halogens is 2. The molecule has 1 aromatic rings. The monoisotopic (exact) mass is 392 g/mol. The number of hydrogen-bond acceptors (Lipinski definition) is 4. The zero-order valence-corrected chi connectivity index (χ0v) is 15.5. The Balaban J connectivity index is 2.91. The molecule has 2 amide bonds. The molecule has 0 aliphatic heterocycles. The highest BCUT2D eigenvalue weighted by molar-refractivity contribution is 7.80. The summed E-state index contributed by atoms with van der Waals surface area (Å²) >= 11 is 15.7. The maximum Gasteiger partial charge on any atom is 0.327 e. The maximum absolute atomic E-state index is 12.3. The number of carboxylic acid groups (broad SMARTS) is 1. The summed E-state index contributed by atoms with van der Waals surface area (Å²) in [5.41, 5.74) is 0.170. The second-order valence-electron chi connectivity index (χ2n) is 5.40. The molecule has 2 atom stereocenters. The Hall–Kier alpha value is -1.44. The lowest BCUT2D eigenvalue weighted by Gasteiger charge is -2.23. The number of carbonyl (C=O) groups excluding carboxylic acids is 2. The SMILES string of the molecule is CC(C)C(NC(=O)c1ccc(Cl)cc1Cl)C(=O)NC(CS)C(=O)O. The molecular formula is C15H18Cl2N2O4S. The molecule has 0 radical (unpaired) electrons. The predicted molar refractivity (Wildman–Crippen MR) is 96.0 cm³/mol. The van der Waals surface area contributed by atoms with Crippen molar-refractivity contribution < 1.29 is 19.5 Å². The first-order chi connectivity index (χ1) is 11.2. The first kappa shape index (κ1) is 20.6. The second kappa shape index (κ2) is 9.15. The lowest BCUT2D eigenvalue weighted by molar-refractivity contribution is -0.141. The van der Waals surface area contributed by atoms with Gasteiger partial charge in [0.15, 0.2) is 0 Å². The number of aliphatic carboxylic acids is 1. The molecule has 0 bridgehead atoms. The third-order valence-corrected chi connectivity index (χ3v) is 4.12. The molecule has 2 unspecified atom stereocenters. The number of thiol groups is 1. The van der Waals surface area contributed by atoms with Gasteiger partial charge in [0.05, 0.1) is 10.6 Å². The molecule has 1 aromatic carbocycles. The molecule has 132 valence electrons. The first-order valence-electron chi connectivity index (χ1n) is 7.07. The zero-order valence-electron chi connectivity index (χ0n) is 13.0. The topological polar surface area (TPSA) is 95.5 Å². The second-order valence-corrected chi connectivity index (χ2v) is 6.61. The number of benzene rings is 1. The highest BCUT2D eigenvalue weighted by atomic mass is 35.5. The van der Waals surface area contributed by atoms with Gasteiger partial charge in [-0.25, -0.2) is 4.79 Å². The van der Waals surface area contributed by atoms with Crippen LogP contribution in [0.15, 0.2) is 18.2 Å². The molecule has 0 aromatic heterocycles. The average Bonchev–Trinajstić information content (AvgIpc) is 2.48. The number of rotatable bonds is 7. The Kier molecular flexibility index (Phi) is 7.86. The van der Waals surface area contributed by atoms with E-state index in [1.54, 1.807) is 13.8 Å². The molecular weight excluding hydrogens is 375 g/mol. The van der Waals surface area contributed by atoms with Gasteiger partial charge in [-0.1, -0.05) is 37.0 Å². The van der Waals surface area contributed by atoms with Gasteiger partial charge in [0.1, 0.15) is 12.1 Å². The van der Waals surface area contributed by atoms with Crippen LogP contribution in [0.3, 0.4) is 0 Å². The minimum Gasteiger partial charge on any atom is -0.480 e. The van der Waals surface area contributed by atoms with Crippen molar-refractivity contribution in [2.75, 3.05) is 5.75 Å². The fraction of sp³-hybridized carbons (Fsp3) is 0.400. The summed E-state index contributed by atoms with van der Waals surface area (Å²) < 4.78 is 0. The quantitative estimate of drug-likeness (QED) is 0.535. The number of hydrogen-bond donors (Lipinski definition) is 4. The van der Waals surface area contributed by atoms with Crippen molar-refractivity contribution in [3.63, 3.8) is 0 Å². The molecule has 3 N–H and O–H groups in total. The molecule has 0 heterocycles.